The molecule has 2 aromatic rings. The standard InChI is InChI=1S/C19H19N3O5S/c1-11(16(23)21-12(2)19(25)27-4)20-17(24)15-10-28-18(22-15)14-7-5-13(6-8-14)9-26-3/h5-8,10H,1-2,9H2,3-4H3,(H,20,24)(H,21,23). The van der Waals surface area contributed by atoms with Gasteiger partial charge in [0.1, 0.15) is 16.4 Å². The SMILES string of the molecule is C=C(NC(=O)c1csc(-c2ccc(COC)cc2)n1)C(=O)NC(=C)C(=O)OC. The van der Waals surface area contributed by atoms with Crippen LogP contribution in [0.25, 0.3) is 10.6 Å². The number of carbonyl (C=O) groups is 3. The van der Waals surface area contributed by atoms with E-state index in [2.05, 4.69) is 33.5 Å². The number of ether oxygens (including phenoxy) is 2. The van der Waals surface area contributed by atoms with Crippen LogP contribution in [-0.4, -0.2) is 37.0 Å². The maximum Gasteiger partial charge on any atom is 0.353 e. The summed E-state index contributed by atoms with van der Waals surface area (Å²) in [6, 6.07) is 7.61. The van der Waals surface area contributed by atoms with Crippen molar-refractivity contribution in [2.75, 3.05) is 14.2 Å². The molecule has 2 N–H and O–H groups in total. The average molecular weight is 401 g/mol. The highest BCUT2D eigenvalue weighted by Crippen LogP contribution is 2.24. The van der Waals surface area contributed by atoms with Crippen LogP contribution in [0.4, 0.5) is 0 Å². The smallest absolute Gasteiger partial charge is 0.353 e. The molecular weight excluding hydrogens is 382 g/mol. The number of nitrogens with one attached hydrogen (secondary N) is 2. The summed E-state index contributed by atoms with van der Waals surface area (Å²) < 4.78 is 9.49. The fourth-order valence-corrected chi connectivity index (χ4v) is 2.87. The first-order valence-electron chi connectivity index (χ1n) is 7.98. The lowest BCUT2D eigenvalue weighted by Gasteiger charge is -2.09. The predicted octanol–water partition coefficient (Wildman–Crippen LogP) is 2.00. The first-order chi connectivity index (χ1) is 13.3. The van der Waals surface area contributed by atoms with E-state index < -0.39 is 17.8 Å². The van der Waals surface area contributed by atoms with E-state index in [0.29, 0.717) is 11.6 Å². The van der Waals surface area contributed by atoms with Gasteiger partial charge in [0.25, 0.3) is 11.8 Å². The van der Waals surface area contributed by atoms with E-state index in [9.17, 15) is 14.4 Å². The van der Waals surface area contributed by atoms with Crippen molar-refractivity contribution in [1.82, 2.24) is 15.6 Å². The molecule has 2 amide bonds. The Labute approximate surface area is 165 Å². The highest BCUT2D eigenvalue weighted by molar-refractivity contribution is 7.13. The maximum absolute atomic E-state index is 12.3. The van der Waals surface area contributed by atoms with E-state index in [1.807, 2.05) is 24.3 Å². The number of nitrogens with zero attached hydrogens (tertiary/aromatic N) is 1. The zero-order valence-electron chi connectivity index (χ0n) is 15.4. The van der Waals surface area contributed by atoms with Crippen molar-refractivity contribution in [2.24, 2.45) is 0 Å². The molecule has 2 rings (SSSR count). The van der Waals surface area contributed by atoms with Crippen LogP contribution < -0.4 is 10.6 Å². The number of amides is 2. The van der Waals surface area contributed by atoms with E-state index in [4.69, 9.17) is 4.74 Å². The van der Waals surface area contributed by atoms with Gasteiger partial charge in [0.2, 0.25) is 0 Å². The lowest BCUT2D eigenvalue weighted by Crippen LogP contribution is -2.35. The lowest BCUT2D eigenvalue weighted by atomic mass is 10.1. The van der Waals surface area contributed by atoms with Crippen LogP contribution >= 0.6 is 11.3 Å². The summed E-state index contributed by atoms with van der Waals surface area (Å²) >= 11 is 1.29. The zero-order chi connectivity index (χ0) is 20.7. The van der Waals surface area contributed by atoms with Gasteiger partial charge in [-0.15, -0.1) is 11.3 Å². The average Bonchev–Trinajstić information content (AvgIpc) is 3.18. The molecule has 0 bridgehead atoms. The summed E-state index contributed by atoms with van der Waals surface area (Å²) in [4.78, 5) is 39.7. The molecule has 0 fully saturated rings. The van der Waals surface area contributed by atoms with Crippen LogP contribution in [-0.2, 0) is 25.7 Å². The summed E-state index contributed by atoms with van der Waals surface area (Å²) in [7, 11) is 2.78. The van der Waals surface area contributed by atoms with Crippen molar-refractivity contribution < 1.29 is 23.9 Å². The first-order valence-corrected chi connectivity index (χ1v) is 8.86. The van der Waals surface area contributed by atoms with Gasteiger partial charge in [-0.2, -0.15) is 0 Å². The number of hydrogen-bond donors (Lipinski definition) is 2. The highest BCUT2D eigenvalue weighted by atomic mass is 32.1. The molecule has 1 aromatic carbocycles. The number of rotatable bonds is 8. The molecule has 0 aliphatic rings. The summed E-state index contributed by atoms with van der Waals surface area (Å²) in [6.45, 7) is 7.35. The Kier molecular flexibility index (Phi) is 7.19. The molecule has 0 atom stereocenters. The number of carbonyl (C=O) groups excluding carboxylic acids is 3. The van der Waals surface area contributed by atoms with Gasteiger partial charge in [-0.1, -0.05) is 37.4 Å². The molecule has 1 aromatic heterocycles. The Balaban J connectivity index is 1.99. The van der Waals surface area contributed by atoms with Crippen LogP contribution in [0.3, 0.4) is 0 Å². The van der Waals surface area contributed by atoms with Crippen molar-refractivity contribution >= 4 is 29.1 Å². The fraction of sp³-hybridized carbons (Fsp3) is 0.158. The third-order valence-corrected chi connectivity index (χ3v) is 4.37. The summed E-state index contributed by atoms with van der Waals surface area (Å²) in [5.74, 6) is -2.18. The van der Waals surface area contributed by atoms with Gasteiger partial charge in [0.05, 0.1) is 19.4 Å². The van der Waals surface area contributed by atoms with E-state index in [-0.39, 0.29) is 17.1 Å². The van der Waals surface area contributed by atoms with Crippen LogP contribution in [0.1, 0.15) is 16.1 Å². The van der Waals surface area contributed by atoms with Crippen molar-refractivity contribution in [3.05, 3.63) is 65.5 Å². The molecule has 9 heteroatoms. The molecule has 28 heavy (non-hydrogen) atoms. The van der Waals surface area contributed by atoms with Crippen molar-refractivity contribution in [3.63, 3.8) is 0 Å². The zero-order valence-corrected chi connectivity index (χ0v) is 16.2. The van der Waals surface area contributed by atoms with Gasteiger partial charge in [-0.05, 0) is 5.56 Å². The Morgan fingerprint density at radius 3 is 2.36 bits per heavy atom. The van der Waals surface area contributed by atoms with Crippen molar-refractivity contribution in [1.29, 1.82) is 0 Å². The second kappa shape index (κ2) is 9.58. The first kappa shape index (κ1) is 21.0. The second-order valence-corrected chi connectivity index (χ2v) is 6.38. The number of aromatic nitrogens is 1. The van der Waals surface area contributed by atoms with Gasteiger partial charge in [0, 0.05) is 18.1 Å². The third-order valence-electron chi connectivity index (χ3n) is 3.48. The Hall–Kier alpha value is -3.30. The number of esters is 1. The van der Waals surface area contributed by atoms with Gasteiger partial charge in [-0.25, -0.2) is 9.78 Å². The normalized spacial score (nSPS) is 10.1. The quantitative estimate of drug-likeness (QED) is 0.518. The lowest BCUT2D eigenvalue weighted by molar-refractivity contribution is -0.137. The van der Waals surface area contributed by atoms with Crippen LogP contribution in [0.15, 0.2) is 54.2 Å². The molecule has 0 radical (unpaired) electrons. The molecular formula is C19H19N3O5S. The van der Waals surface area contributed by atoms with Gasteiger partial charge in [0.15, 0.2) is 0 Å². The van der Waals surface area contributed by atoms with E-state index in [0.717, 1.165) is 18.2 Å². The number of benzene rings is 1. The predicted molar refractivity (Wildman–Crippen MR) is 104 cm³/mol. The maximum atomic E-state index is 12.3. The largest absolute Gasteiger partial charge is 0.464 e. The van der Waals surface area contributed by atoms with Crippen LogP contribution in [0.5, 0.6) is 0 Å². The van der Waals surface area contributed by atoms with Crippen molar-refractivity contribution in [2.45, 2.75) is 6.61 Å². The van der Waals surface area contributed by atoms with Crippen LogP contribution in [0.2, 0.25) is 0 Å². The Bertz CT molecular complexity index is 918. The monoisotopic (exact) mass is 401 g/mol. The molecule has 1 heterocycles. The highest BCUT2D eigenvalue weighted by Gasteiger charge is 2.18. The molecule has 0 spiro atoms. The van der Waals surface area contributed by atoms with E-state index in [1.54, 1.807) is 12.5 Å². The molecule has 8 nitrogen and oxygen atoms in total. The number of hydrogen-bond acceptors (Lipinski definition) is 7. The molecule has 0 aliphatic carbocycles. The summed E-state index contributed by atoms with van der Waals surface area (Å²) in [5.41, 5.74) is 1.50. The van der Waals surface area contributed by atoms with Gasteiger partial charge >= 0.3 is 5.97 Å². The topological polar surface area (TPSA) is 107 Å². The van der Waals surface area contributed by atoms with E-state index in [1.165, 1.54) is 11.3 Å². The number of thiazole rings is 1. The fourth-order valence-electron chi connectivity index (χ4n) is 2.07. The Morgan fingerprint density at radius 2 is 1.75 bits per heavy atom. The third kappa shape index (κ3) is 5.35. The minimum atomic E-state index is -0.798. The van der Waals surface area contributed by atoms with E-state index >= 15 is 0 Å². The summed E-state index contributed by atoms with van der Waals surface area (Å²) in [6.07, 6.45) is 0. The molecule has 146 valence electrons. The molecule has 0 aliphatic heterocycles. The number of methoxy groups -OCH3 is 2. The van der Waals surface area contributed by atoms with Crippen LogP contribution in [0, 0.1) is 0 Å². The minimum Gasteiger partial charge on any atom is -0.464 e. The molecule has 0 saturated carbocycles. The van der Waals surface area contributed by atoms with Crippen molar-refractivity contribution in [3.8, 4) is 10.6 Å². The second-order valence-electron chi connectivity index (χ2n) is 5.52. The molecule has 0 saturated heterocycles. The minimum absolute atomic E-state index is 0.140. The van der Waals surface area contributed by atoms with Gasteiger partial charge in [-0.3, -0.25) is 9.59 Å². The van der Waals surface area contributed by atoms with Gasteiger partial charge < -0.3 is 20.1 Å². The summed E-state index contributed by atoms with van der Waals surface area (Å²) in [5, 5.41) is 6.75. The Morgan fingerprint density at radius 1 is 1.07 bits per heavy atom. The molecule has 0 unspecified atom stereocenters.